The molecule has 3 heterocycles. The molecule has 1 fully saturated rings. The van der Waals surface area contributed by atoms with E-state index >= 15 is 0 Å². The van der Waals surface area contributed by atoms with Crippen molar-refractivity contribution in [3.8, 4) is 0 Å². The average molecular weight is 445 g/mol. The Morgan fingerprint density at radius 2 is 1.70 bits per heavy atom. The molecule has 2 aromatic heterocycles. The maximum atomic E-state index is 13.6. The molecule has 166 valence electrons. The molecule has 2 aromatic carbocycles. The summed E-state index contributed by atoms with van der Waals surface area (Å²) in [5, 5.41) is 3.35. The first-order valence-corrected chi connectivity index (χ1v) is 10.5. The summed E-state index contributed by atoms with van der Waals surface area (Å²) in [7, 11) is 0. The third-order valence-corrected chi connectivity index (χ3v) is 5.52. The predicted molar refractivity (Wildman–Crippen MR) is 121 cm³/mol. The molecule has 0 aliphatic carbocycles. The number of fused-ring (bicyclic) bond motifs is 1. The van der Waals surface area contributed by atoms with E-state index in [1.807, 2.05) is 4.90 Å². The Bertz CT molecular complexity index is 1320. The second-order valence-electron chi connectivity index (χ2n) is 7.59. The van der Waals surface area contributed by atoms with Gasteiger partial charge in [-0.05, 0) is 36.4 Å². The SMILES string of the molecule is O=C(Nc1c(C(=O)N2CCN(c3ncccn3)CC2)oc2ccccc12)c1cccc(F)c1. The van der Waals surface area contributed by atoms with Gasteiger partial charge in [-0.15, -0.1) is 0 Å². The van der Waals surface area contributed by atoms with Gasteiger partial charge in [0.2, 0.25) is 11.7 Å². The lowest BCUT2D eigenvalue weighted by Gasteiger charge is -2.34. The topological polar surface area (TPSA) is 91.6 Å². The Hall–Kier alpha value is -4.27. The normalized spacial score (nSPS) is 13.8. The van der Waals surface area contributed by atoms with E-state index in [2.05, 4.69) is 15.3 Å². The van der Waals surface area contributed by atoms with Crippen LogP contribution in [0.15, 0.2) is 71.4 Å². The lowest BCUT2D eigenvalue weighted by Crippen LogP contribution is -2.49. The van der Waals surface area contributed by atoms with E-state index in [0.29, 0.717) is 43.1 Å². The van der Waals surface area contributed by atoms with E-state index in [9.17, 15) is 14.0 Å². The van der Waals surface area contributed by atoms with Crippen molar-refractivity contribution in [1.29, 1.82) is 0 Å². The van der Waals surface area contributed by atoms with Crippen LogP contribution in [0, 0.1) is 5.82 Å². The zero-order valence-electron chi connectivity index (χ0n) is 17.6. The second kappa shape index (κ2) is 8.70. The van der Waals surface area contributed by atoms with Crippen LogP contribution >= 0.6 is 0 Å². The van der Waals surface area contributed by atoms with Crippen LogP contribution in [0.5, 0.6) is 0 Å². The summed E-state index contributed by atoms with van der Waals surface area (Å²) in [5.74, 6) is -0.700. The number of rotatable bonds is 4. The van der Waals surface area contributed by atoms with Crippen molar-refractivity contribution in [2.45, 2.75) is 0 Å². The molecule has 2 amide bonds. The van der Waals surface area contributed by atoms with Crippen LogP contribution in [-0.4, -0.2) is 52.9 Å². The van der Waals surface area contributed by atoms with Gasteiger partial charge >= 0.3 is 0 Å². The van der Waals surface area contributed by atoms with Crippen LogP contribution in [0.3, 0.4) is 0 Å². The third-order valence-electron chi connectivity index (χ3n) is 5.52. The molecule has 0 bridgehead atoms. The summed E-state index contributed by atoms with van der Waals surface area (Å²) in [6, 6.07) is 14.2. The van der Waals surface area contributed by atoms with Crippen LogP contribution in [0.25, 0.3) is 11.0 Å². The number of anilines is 2. The number of hydrogen-bond acceptors (Lipinski definition) is 6. The monoisotopic (exact) mass is 445 g/mol. The molecule has 9 heteroatoms. The van der Waals surface area contributed by atoms with Gasteiger partial charge in [-0.25, -0.2) is 14.4 Å². The molecule has 1 saturated heterocycles. The lowest BCUT2D eigenvalue weighted by molar-refractivity contribution is 0.0718. The quantitative estimate of drug-likeness (QED) is 0.516. The largest absolute Gasteiger partial charge is 0.449 e. The first-order chi connectivity index (χ1) is 16.1. The van der Waals surface area contributed by atoms with Gasteiger partial charge in [0.15, 0.2) is 0 Å². The van der Waals surface area contributed by atoms with Gasteiger partial charge in [0.25, 0.3) is 11.8 Å². The summed E-state index contributed by atoms with van der Waals surface area (Å²) in [5.41, 5.74) is 0.903. The number of amides is 2. The first kappa shape index (κ1) is 20.6. The molecule has 1 aliphatic rings. The highest BCUT2D eigenvalue weighted by atomic mass is 19.1. The average Bonchev–Trinajstić information content (AvgIpc) is 3.22. The number of halogens is 1. The second-order valence-corrected chi connectivity index (χ2v) is 7.59. The van der Waals surface area contributed by atoms with Gasteiger partial charge in [0.05, 0.1) is 0 Å². The fourth-order valence-electron chi connectivity index (χ4n) is 3.84. The minimum Gasteiger partial charge on any atom is -0.449 e. The number of carbonyl (C=O) groups is 2. The molecule has 1 aliphatic heterocycles. The molecule has 33 heavy (non-hydrogen) atoms. The molecule has 1 N–H and O–H groups in total. The van der Waals surface area contributed by atoms with Crippen molar-refractivity contribution in [3.63, 3.8) is 0 Å². The number of furan rings is 1. The number of nitrogens with one attached hydrogen (secondary N) is 1. The van der Waals surface area contributed by atoms with E-state index in [4.69, 9.17) is 4.42 Å². The van der Waals surface area contributed by atoms with Gasteiger partial charge in [0, 0.05) is 49.5 Å². The van der Waals surface area contributed by atoms with Crippen molar-refractivity contribution in [2.75, 3.05) is 36.4 Å². The Balaban J connectivity index is 1.40. The van der Waals surface area contributed by atoms with E-state index in [0.717, 1.165) is 6.07 Å². The first-order valence-electron chi connectivity index (χ1n) is 10.5. The fourth-order valence-corrected chi connectivity index (χ4v) is 3.84. The Morgan fingerprint density at radius 3 is 2.45 bits per heavy atom. The number of hydrogen-bond donors (Lipinski definition) is 1. The van der Waals surface area contributed by atoms with E-state index < -0.39 is 11.7 Å². The molecule has 5 rings (SSSR count). The summed E-state index contributed by atoms with van der Waals surface area (Å²) < 4.78 is 19.5. The molecule has 0 atom stereocenters. The van der Waals surface area contributed by atoms with Crippen molar-refractivity contribution in [2.24, 2.45) is 0 Å². The molecule has 0 unspecified atom stereocenters. The van der Waals surface area contributed by atoms with E-state index in [1.54, 1.807) is 47.6 Å². The van der Waals surface area contributed by atoms with Crippen molar-refractivity contribution < 1.29 is 18.4 Å². The summed E-state index contributed by atoms with van der Waals surface area (Å²) in [6.45, 7) is 2.04. The molecule has 8 nitrogen and oxygen atoms in total. The van der Waals surface area contributed by atoms with Gasteiger partial charge in [-0.2, -0.15) is 0 Å². The maximum absolute atomic E-state index is 13.6. The minimum atomic E-state index is -0.527. The van der Waals surface area contributed by atoms with Crippen LogP contribution in [-0.2, 0) is 0 Å². The molecule has 0 spiro atoms. The standard InChI is InChI=1S/C24H20FN5O3/c25-17-6-3-5-16(15-17)22(31)28-20-18-7-1-2-8-19(18)33-21(20)23(32)29-11-13-30(14-12-29)24-26-9-4-10-27-24/h1-10,15H,11-14H2,(H,28,31). The maximum Gasteiger partial charge on any atom is 0.291 e. The summed E-state index contributed by atoms with van der Waals surface area (Å²) in [6.07, 6.45) is 3.36. The number of aromatic nitrogens is 2. The number of para-hydroxylation sites is 1. The Kier molecular flexibility index (Phi) is 5.43. The third kappa shape index (κ3) is 4.12. The predicted octanol–water partition coefficient (Wildman–Crippen LogP) is 3.58. The highest BCUT2D eigenvalue weighted by Crippen LogP contribution is 2.32. The molecule has 0 saturated carbocycles. The molecular formula is C24H20FN5O3. The van der Waals surface area contributed by atoms with Gasteiger partial charge in [0.1, 0.15) is 17.1 Å². The van der Waals surface area contributed by atoms with Gasteiger partial charge in [-0.1, -0.05) is 18.2 Å². The molecule has 0 radical (unpaired) electrons. The van der Waals surface area contributed by atoms with Crippen molar-refractivity contribution in [1.82, 2.24) is 14.9 Å². The molecule has 4 aromatic rings. The summed E-state index contributed by atoms with van der Waals surface area (Å²) in [4.78, 5) is 38.4. The zero-order chi connectivity index (χ0) is 22.8. The highest BCUT2D eigenvalue weighted by Gasteiger charge is 2.29. The minimum absolute atomic E-state index is 0.0466. The number of piperazine rings is 1. The van der Waals surface area contributed by atoms with Crippen LogP contribution < -0.4 is 10.2 Å². The zero-order valence-corrected chi connectivity index (χ0v) is 17.6. The smallest absolute Gasteiger partial charge is 0.291 e. The van der Waals surface area contributed by atoms with E-state index in [-0.39, 0.29) is 22.9 Å². The van der Waals surface area contributed by atoms with Crippen LogP contribution in [0.2, 0.25) is 0 Å². The Morgan fingerprint density at radius 1 is 0.939 bits per heavy atom. The fraction of sp³-hybridized carbons (Fsp3) is 0.167. The van der Waals surface area contributed by atoms with Gasteiger partial charge < -0.3 is 19.5 Å². The van der Waals surface area contributed by atoms with Crippen molar-refractivity contribution in [3.05, 3.63) is 84.1 Å². The molecular weight excluding hydrogens is 425 g/mol. The van der Waals surface area contributed by atoms with Gasteiger partial charge in [-0.3, -0.25) is 9.59 Å². The number of benzene rings is 2. The summed E-state index contributed by atoms with van der Waals surface area (Å²) >= 11 is 0. The lowest BCUT2D eigenvalue weighted by atomic mass is 10.1. The Labute approximate surface area is 188 Å². The number of nitrogens with zero attached hydrogens (tertiary/aromatic N) is 4. The van der Waals surface area contributed by atoms with Crippen LogP contribution in [0.1, 0.15) is 20.9 Å². The van der Waals surface area contributed by atoms with E-state index in [1.165, 1.54) is 18.2 Å². The van der Waals surface area contributed by atoms with Crippen molar-refractivity contribution >= 4 is 34.4 Å². The highest BCUT2D eigenvalue weighted by molar-refractivity contribution is 6.14. The van der Waals surface area contributed by atoms with Crippen LogP contribution in [0.4, 0.5) is 16.0 Å². The number of carbonyl (C=O) groups excluding carboxylic acids is 2.